The third-order valence-corrected chi connectivity index (χ3v) is 10.2. The monoisotopic (exact) mass is 490 g/mol. The Morgan fingerprint density at radius 1 is 0.559 bits per heavy atom. The van der Waals surface area contributed by atoms with Gasteiger partial charge in [-0.3, -0.25) is 38.6 Å². The Bertz CT molecular complexity index is 1260. The maximum absolute atomic E-state index is 13.8. The van der Waals surface area contributed by atoms with Gasteiger partial charge in [0.15, 0.2) is 0 Å². The molecule has 2 atom stereocenters. The van der Waals surface area contributed by atoms with Gasteiger partial charge in [0.05, 0.1) is 0 Å². The lowest BCUT2D eigenvalue weighted by atomic mass is 9.97. The molecule has 0 saturated carbocycles. The Morgan fingerprint density at radius 2 is 0.853 bits per heavy atom. The van der Waals surface area contributed by atoms with Crippen LogP contribution in [-0.4, -0.2) is 78.1 Å². The lowest BCUT2D eigenvalue weighted by Gasteiger charge is -2.45. The fourth-order valence-corrected chi connectivity index (χ4v) is 8.88. The molecule has 3 saturated heterocycles. The van der Waals surface area contributed by atoms with E-state index in [0.29, 0.717) is 0 Å². The van der Waals surface area contributed by atoms with Crippen molar-refractivity contribution < 1.29 is 28.8 Å². The topological polar surface area (TPSA) is 109 Å². The molecule has 3 aliphatic heterocycles. The minimum atomic E-state index is -1.82. The summed E-state index contributed by atoms with van der Waals surface area (Å²) in [6.45, 7) is 0. The largest absolute Gasteiger partial charge is 0.299 e. The van der Waals surface area contributed by atoms with E-state index in [0.717, 1.165) is 33.3 Å². The number of amides is 2. The standard InChI is InChI=1S/C24H14N2O6S2/c27-17-11-5-1-2-6-12(11)18(28)23(17)25-15(9-33-23)22(32)26-16(21(25)31)10-34-24(26)19(29)13-7-3-4-8-14(13)20(24)30/h1-8,15-16H,9-10H2/t15-,16-/m0/s1. The van der Waals surface area contributed by atoms with Gasteiger partial charge < -0.3 is 0 Å². The second-order valence-corrected chi connectivity index (χ2v) is 11.2. The summed E-state index contributed by atoms with van der Waals surface area (Å²) in [5.74, 6) is -3.13. The summed E-state index contributed by atoms with van der Waals surface area (Å²) in [7, 11) is 0. The quantitative estimate of drug-likeness (QED) is 0.511. The molecule has 7 rings (SSSR count). The maximum Gasteiger partial charge on any atom is 0.248 e. The van der Waals surface area contributed by atoms with Crippen LogP contribution in [0.3, 0.4) is 0 Å². The van der Waals surface area contributed by atoms with Gasteiger partial charge in [0, 0.05) is 33.8 Å². The van der Waals surface area contributed by atoms with Crippen molar-refractivity contribution >= 4 is 58.5 Å². The lowest BCUT2D eigenvalue weighted by molar-refractivity contribution is -0.160. The highest BCUT2D eigenvalue weighted by Crippen LogP contribution is 2.55. The van der Waals surface area contributed by atoms with Crippen LogP contribution in [-0.2, 0) is 9.59 Å². The first kappa shape index (κ1) is 20.2. The fraction of sp³-hybridized carbons (Fsp3) is 0.250. The molecule has 2 aromatic rings. The number of nitrogens with zero attached hydrogens (tertiary/aromatic N) is 2. The van der Waals surface area contributed by atoms with Gasteiger partial charge in [0.1, 0.15) is 12.1 Å². The van der Waals surface area contributed by atoms with Crippen molar-refractivity contribution in [1.82, 2.24) is 9.80 Å². The molecule has 3 fully saturated rings. The van der Waals surface area contributed by atoms with E-state index < -0.39 is 56.8 Å². The summed E-state index contributed by atoms with van der Waals surface area (Å²) < 4.78 is 0. The van der Waals surface area contributed by atoms with Crippen LogP contribution in [0, 0.1) is 0 Å². The van der Waals surface area contributed by atoms with Gasteiger partial charge in [-0.25, -0.2) is 0 Å². The van der Waals surface area contributed by atoms with Crippen LogP contribution >= 0.6 is 23.5 Å². The van der Waals surface area contributed by atoms with E-state index in [1.54, 1.807) is 48.5 Å². The van der Waals surface area contributed by atoms with Crippen LogP contribution in [0.4, 0.5) is 0 Å². The second kappa shape index (κ2) is 6.25. The summed E-state index contributed by atoms with van der Waals surface area (Å²) in [5, 5.41) is 0. The average Bonchev–Trinajstić information content (AvgIpc) is 3.56. The highest BCUT2D eigenvalue weighted by molar-refractivity contribution is 8.03. The van der Waals surface area contributed by atoms with E-state index in [2.05, 4.69) is 0 Å². The molecule has 2 aliphatic carbocycles. The summed E-state index contributed by atoms with van der Waals surface area (Å²) in [6, 6.07) is 10.6. The molecule has 10 heteroatoms. The van der Waals surface area contributed by atoms with Crippen molar-refractivity contribution in [1.29, 1.82) is 0 Å². The fourth-order valence-electron chi connectivity index (χ4n) is 5.82. The number of ketones is 4. The molecule has 2 amide bonds. The van der Waals surface area contributed by atoms with Crippen molar-refractivity contribution in [2.75, 3.05) is 11.5 Å². The predicted molar refractivity (Wildman–Crippen MR) is 122 cm³/mol. The SMILES string of the molecule is O=C1[C@@H]2CSC3(C(=O)c4ccccc4C3=O)N2C(=O)[C@@H]2CSC3(C(=O)c4ccccc4C3=O)N12. The van der Waals surface area contributed by atoms with Gasteiger partial charge >= 0.3 is 0 Å². The summed E-state index contributed by atoms with van der Waals surface area (Å²) in [4.78, 5) is 80.2. The molecule has 3 heterocycles. The maximum atomic E-state index is 13.8. The van der Waals surface area contributed by atoms with Gasteiger partial charge in [0.2, 0.25) is 44.7 Å². The van der Waals surface area contributed by atoms with Crippen molar-refractivity contribution in [3.05, 3.63) is 70.8 Å². The van der Waals surface area contributed by atoms with Crippen LogP contribution in [0.5, 0.6) is 0 Å². The van der Waals surface area contributed by atoms with Crippen LogP contribution in [0.15, 0.2) is 48.5 Å². The number of benzene rings is 2. The summed E-state index contributed by atoms with van der Waals surface area (Å²) in [5.41, 5.74) is 0.934. The molecule has 34 heavy (non-hydrogen) atoms. The lowest BCUT2D eigenvalue weighted by Crippen LogP contribution is -2.72. The van der Waals surface area contributed by atoms with Gasteiger partial charge in [0.25, 0.3) is 0 Å². The zero-order valence-electron chi connectivity index (χ0n) is 17.3. The number of hydrogen-bond donors (Lipinski definition) is 0. The second-order valence-electron chi connectivity index (χ2n) is 8.77. The van der Waals surface area contributed by atoms with Gasteiger partial charge in [-0.2, -0.15) is 0 Å². The van der Waals surface area contributed by atoms with Crippen molar-refractivity contribution in [2.45, 2.75) is 21.8 Å². The molecule has 0 N–H and O–H groups in total. The number of rotatable bonds is 0. The Morgan fingerprint density at radius 3 is 1.15 bits per heavy atom. The predicted octanol–water partition coefficient (Wildman–Crippen LogP) is 1.44. The molecule has 0 radical (unpaired) electrons. The highest BCUT2D eigenvalue weighted by atomic mass is 32.2. The van der Waals surface area contributed by atoms with Crippen molar-refractivity contribution in [3.8, 4) is 0 Å². The Balaban J connectivity index is 1.34. The zero-order chi connectivity index (χ0) is 23.6. The van der Waals surface area contributed by atoms with Crippen LogP contribution in [0.25, 0.3) is 0 Å². The number of thioether (sulfide) groups is 2. The average molecular weight is 491 g/mol. The molecule has 2 spiro atoms. The van der Waals surface area contributed by atoms with E-state index >= 15 is 0 Å². The summed E-state index contributed by atoms with van der Waals surface area (Å²) >= 11 is 1.96. The number of piperazine rings is 1. The molecule has 5 aliphatic rings. The van der Waals surface area contributed by atoms with Gasteiger partial charge in [-0.15, -0.1) is 23.5 Å². The third-order valence-electron chi connectivity index (χ3n) is 7.31. The summed E-state index contributed by atoms with van der Waals surface area (Å²) in [6.07, 6.45) is 0. The highest BCUT2D eigenvalue weighted by Gasteiger charge is 2.73. The minimum absolute atomic E-state index is 0.0232. The van der Waals surface area contributed by atoms with Gasteiger partial charge in [-0.1, -0.05) is 48.5 Å². The van der Waals surface area contributed by atoms with E-state index in [4.69, 9.17) is 0 Å². The van der Waals surface area contributed by atoms with Crippen molar-refractivity contribution in [3.63, 3.8) is 0 Å². The molecule has 8 nitrogen and oxygen atoms in total. The van der Waals surface area contributed by atoms with Crippen LogP contribution < -0.4 is 0 Å². The van der Waals surface area contributed by atoms with E-state index in [-0.39, 0.29) is 33.8 Å². The van der Waals surface area contributed by atoms with Crippen LogP contribution in [0.1, 0.15) is 41.4 Å². The molecule has 0 bridgehead atoms. The normalized spacial score (nSPS) is 27.6. The van der Waals surface area contributed by atoms with Crippen LogP contribution in [0.2, 0.25) is 0 Å². The number of hydrogen-bond acceptors (Lipinski definition) is 8. The number of fused-ring (bicyclic) bond motifs is 6. The minimum Gasteiger partial charge on any atom is -0.299 e. The van der Waals surface area contributed by atoms with Gasteiger partial charge in [-0.05, 0) is 0 Å². The Labute approximate surface area is 201 Å². The van der Waals surface area contributed by atoms with E-state index in [1.807, 2.05) is 0 Å². The Hall–Kier alpha value is -3.24. The molecular weight excluding hydrogens is 476 g/mol. The zero-order valence-corrected chi connectivity index (χ0v) is 19.0. The molecular formula is C24H14N2O6S2. The number of carbonyl (C=O) groups excluding carboxylic acids is 6. The number of Topliss-reactive ketones (excluding diaryl/α,β-unsaturated/α-hetero) is 4. The molecule has 0 aromatic heterocycles. The van der Waals surface area contributed by atoms with Crippen molar-refractivity contribution in [2.24, 2.45) is 0 Å². The molecule has 168 valence electrons. The Kier molecular flexibility index (Phi) is 3.71. The first-order valence-corrected chi connectivity index (χ1v) is 12.6. The molecule has 2 aromatic carbocycles. The van der Waals surface area contributed by atoms with E-state index in [1.165, 1.54) is 0 Å². The first-order valence-electron chi connectivity index (χ1n) is 10.7. The number of carbonyl (C=O) groups is 6. The smallest absolute Gasteiger partial charge is 0.248 e. The molecule has 0 unspecified atom stereocenters. The van der Waals surface area contributed by atoms with E-state index in [9.17, 15) is 28.8 Å². The first-order chi connectivity index (χ1) is 16.4. The third kappa shape index (κ3) is 1.94.